The third kappa shape index (κ3) is 5.06. The van der Waals surface area contributed by atoms with E-state index in [0.717, 1.165) is 25.8 Å². The van der Waals surface area contributed by atoms with Crippen LogP contribution >= 0.6 is 11.6 Å². The van der Waals surface area contributed by atoms with Gasteiger partial charge in [-0.1, -0.05) is 18.5 Å². The van der Waals surface area contributed by atoms with Crippen molar-refractivity contribution in [1.82, 2.24) is 9.97 Å². The Kier molecular flexibility index (Phi) is 6.75. The summed E-state index contributed by atoms with van der Waals surface area (Å²) < 4.78 is 0. The van der Waals surface area contributed by atoms with E-state index in [0.29, 0.717) is 16.8 Å². The Morgan fingerprint density at radius 3 is 2.94 bits per heavy atom. The molecule has 1 rings (SSSR count). The molecule has 3 N–H and O–H groups in total. The number of aliphatic hydroxyl groups is 1. The lowest BCUT2D eigenvalue weighted by Crippen LogP contribution is -2.17. The van der Waals surface area contributed by atoms with Crippen LogP contribution < -0.4 is 10.6 Å². The largest absolute Gasteiger partial charge is 0.396 e. The Morgan fingerprint density at radius 1 is 1.50 bits per heavy atom. The smallest absolute Gasteiger partial charge is 0.224 e. The minimum Gasteiger partial charge on any atom is -0.396 e. The lowest BCUT2D eigenvalue weighted by Gasteiger charge is -2.15. The maximum atomic E-state index is 8.79. The van der Waals surface area contributed by atoms with Crippen LogP contribution in [0.25, 0.3) is 0 Å². The fourth-order valence-electron chi connectivity index (χ4n) is 1.49. The van der Waals surface area contributed by atoms with Gasteiger partial charge in [0.05, 0.1) is 6.20 Å². The quantitative estimate of drug-likeness (QED) is 0.678. The normalized spacial score (nSPS) is 12.2. The Bertz CT molecular complexity index is 362. The average Bonchev–Trinajstić information content (AvgIpc) is 2.37. The summed E-state index contributed by atoms with van der Waals surface area (Å²) in [5, 5.41) is 15.6. The van der Waals surface area contributed by atoms with Crippen LogP contribution in [0.1, 0.15) is 33.1 Å². The molecule has 0 saturated heterocycles. The van der Waals surface area contributed by atoms with E-state index in [1.807, 2.05) is 6.92 Å². The van der Waals surface area contributed by atoms with Crippen LogP contribution in [0.4, 0.5) is 11.8 Å². The molecule has 102 valence electrons. The minimum atomic E-state index is 0.201. The van der Waals surface area contributed by atoms with Gasteiger partial charge >= 0.3 is 0 Å². The summed E-state index contributed by atoms with van der Waals surface area (Å²) in [6.07, 6.45) is 4.24. The highest BCUT2D eigenvalue weighted by Gasteiger charge is 2.08. The second kappa shape index (κ2) is 8.11. The first-order chi connectivity index (χ1) is 8.67. The number of aliphatic hydroxyl groups excluding tert-OH is 1. The highest BCUT2D eigenvalue weighted by atomic mass is 35.5. The van der Waals surface area contributed by atoms with Gasteiger partial charge in [0, 0.05) is 19.2 Å². The predicted octanol–water partition coefficient (Wildman–Crippen LogP) is 2.52. The molecule has 5 nitrogen and oxygen atoms in total. The van der Waals surface area contributed by atoms with Crippen LogP contribution in [0, 0.1) is 0 Å². The highest BCUT2D eigenvalue weighted by molar-refractivity contribution is 6.32. The molecule has 0 bridgehead atoms. The number of hydrogen-bond donors (Lipinski definition) is 3. The Hall–Kier alpha value is -1.07. The zero-order valence-corrected chi connectivity index (χ0v) is 11.7. The van der Waals surface area contributed by atoms with Gasteiger partial charge < -0.3 is 15.7 Å². The second-order valence-electron chi connectivity index (χ2n) is 4.23. The van der Waals surface area contributed by atoms with Crippen molar-refractivity contribution in [3.8, 4) is 0 Å². The van der Waals surface area contributed by atoms with Crippen molar-refractivity contribution in [1.29, 1.82) is 0 Å². The van der Waals surface area contributed by atoms with Gasteiger partial charge in [0.2, 0.25) is 5.95 Å². The van der Waals surface area contributed by atoms with Crippen molar-refractivity contribution >= 4 is 23.4 Å². The summed E-state index contributed by atoms with van der Waals surface area (Å²) in [6, 6.07) is 0.212. The Morgan fingerprint density at radius 2 is 2.28 bits per heavy atom. The Labute approximate surface area is 113 Å². The molecule has 0 spiro atoms. The van der Waals surface area contributed by atoms with Gasteiger partial charge in [-0.2, -0.15) is 4.98 Å². The van der Waals surface area contributed by atoms with Gasteiger partial charge in [0.1, 0.15) is 5.02 Å². The number of nitrogens with one attached hydrogen (secondary N) is 2. The van der Waals surface area contributed by atoms with Gasteiger partial charge in [-0.3, -0.25) is 0 Å². The van der Waals surface area contributed by atoms with E-state index in [9.17, 15) is 0 Å². The van der Waals surface area contributed by atoms with Crippen molar-refractivity contribution in [3.63, 3.8) is 0 Å². The molecule has 6 heteroatoms. The van der Waals surface area contributed by atoms with Crippen molar-refractivity contribution in [2.45, 2.75) is 39.2 Å². The SMILES string of the molecule is CCCNc1ncc(Cl)c(NC(C)CCCO)n1. The number of nitrogens with zero attached hydrogens (tertiary/aromatic N) is 2. The van der Waals surface area contributed by atoms with Crippen LogP contribution in [-0.4, -0.2) is 34.3 Å². The number of hydrogen-bond acceptors (Lipinski definition) is 5. The van der Waals surface area contributed by atoms with Crippen LogP contribution in [0.3, 0.4) is 0 Å². The van der Waals surface area contributed by atoms with E-state index in [1.165, 1.54) is 0 Å². The lowest BCUT2D eigenvalue weighted by molar-refractivity contribution is 0.282. The van der Waals surface area contributed by atoms with Gasteiger partial charge in [-0.05, 0) is 26.2 Å². The summed E-state index contributed by atoms with van der Waals surface area (Å²) in [7, 11) is 0. The molecule has 18 heavy (non-hydrogen) atoms. The summed E-state index contributed by atoms with van der Waals surface area (Å²) in [5.41, 5.74) is 0. The third-order valence-electron chi connectivity index (χ3n) is 2.46. The molecular weight excluding hydrogens is 252 g/mol. The second-order valence-corrected chi connectivity index (χ2v) is 4.64. The number of aromatic nitrogens is 2. The molecular formula is C12H21ClN4O. The molecule has 0 saturated carbocycles. The van der Waals surface area contributed by atoms with E-state index < -0.39 is 0 Å². The Balaban J connectivity index is 2.62. The van der Waals surface area contributed by atoms with E-state index in [4.69, 9.17) is 16.7 Å². The molecule has 0 aromatic carbocycles. The molecule has 0 fully saturated rings. The van der Waals surface area contributed by atoms with Crippen molar-refractivity contribution in [2.75, 3.05) is 23.8 Å². The zero-order chi connectivity index (χ0) is 13.4. The first-order valence-electron chi connectivity index (χ1n) is 6.31. The van der Waals surface area contributed by atoms with Crippen LogP contribution in [0.15, 0.2) is 6.20 Å². The molecule has 0 amide bonds. The van der Waals surface area contributed by atoms with E-state index in [2.05, 4.69) is 27.5 Å². The predicted molar refractivity (Wildman–Crippen MR) is 75.2 cm³/mol. The average molecular weight is 273 g/mol. The monoisotopic (exact) mass is 272 g/mol. The first kappa shape index (κ1) is 15.0. The molecule has 1 aromatic rings. The molecule has 0 aliphatic heterocycles. The fraction of sp³-hybridized carbons (Fsp3) is 0.667. The summed E-state index contributed by atoms with van der Waals surface area (Å²) in [4.78, 5) is 8.44. The minimum absolute atomic E-state index is 0.201. The van der Waals surface area contributed by atoms with E-state index >= 15 is 0 Å². The van der Waals surface area contributed by atoms with Crippen LogP contribution in [0.5, 0.6) is 0 Å². The third-order valence-corrected chi connectivity index (χ3v) is 2.73. The maximum absolute atomic E-state index is 8.79. The first-order valence-corrected chi connectivity index (χ1v) is 6.69. The summed E-state index contributed by atoms with van der Waals surface area (Å²) >= 11 is 6.04. The molecule has 1 atom stereocenters. The van der Waals surface area contributed by atoms with Crippen molar-refractivity contribution < 1.29 is 5.11 Å². The van der Waals surface area contributed by atoms with E-state index in [1.54, 1.807) is 6.20 Å². The summed E-state index contributed by atoms with van der Waals surface area (Å²) in [5.74, 6) is 1.22. The van der Waals surface area contributed by atoms with Crippen molar-refractivity contribution in [2.24, 2.45) is 0 Å². The zero-order valence-electron chi connectivity index (χ0n) is 10.9. The fourth-order valence-corrected chi connectivity index (χ4v) is 1.64. The lowest BCUT2D eigenvalue weighted by atomic mass is 10.2. The topological polar surface area (TPSA) is 70.1 Å². The molecule has 0 aliphatic rings. The van der Waals surface area contributed by atoms with Gasteiger partial charge in [-0.25, -0.2) is 4.98 Å². The van der Waals surface area contributed by atoms with Gasteiger partial charge in [-0.15, -0.1) is 0 Å². The maximum Gasteiger partial charge on any atom is 0.224 e. The molecule has 0 radical (unpaired) electrons. The standard InChI is InChI=1S/C12H21ClN4O/c1-3-6-14-12-15-8-10(13)11(17-12)16-9(2)5-4-7-18/h8-9,18H,3-7H2,1-2H3,(H2,14,15,16,17). The van der Waals surface area contributed by atoms with Gasteiger partial charge in [0.25, 0.3) is 0 Å². The molecule has 1 aromatic heterocycles. The number of anilines is 2. The summed E-state index contributed by atoms with van der Waals surface area (Å²) in [6.45, 7) is 5.15. The molecule has 0 aliphatic carbocycles. The molecule has 1 heterocycles. The van der Waals surface area contributed by atoms with Crippen LogP contribution in [0.2, 0.25) is 5.02 Å². The van der Waals surface area contributed by atoms with E-state index in [-0.39, 0.29) is 12.6 Å². The highest BCUT2D eigenvalue weighted by Crippen LogP contribution is 2.20. The van der Waals surface area contributed by atoms with Crippen molar-refractivity contribution in [3.05, 3.63) is 11.2 Å². The van der Waals surface area contributed by atoms with Gasteiger partial charge in [0.15, 0.2) is 5.82 Å². The molecule has 1 unspecified atom stereocenters. The van der Waals surface area contributed by atoms with Crippen LogP contribution in [-0.2, 0) is 0 Å². The number of halogens is 1. The number of rotatable bonds is 8.